The Morgan fingerprint density at radius 2 is 2.00 bits per heavy atom. The Hall–Kier alpha value is -2.50. The second-order valence-electron chi connectivity index (χ2n) is 6.21. The van der Waals surface area contributed by atoms with Crippen LogP contribution >= 0.6 is 0 Å². The third-order valence-electron chi connectivity index (χ3n) is 4.48. The smallest absolute Gasteiger partial charge is 0.414 e. The summed E-state index contributed by atoms with van der Waals surface area (Å²) in [4.78, 5) is 26.0. The van der Waals surface area contributed by atoms with Crippen LogP contribution in [0.1, 0.15) is 0 Å². The Morgan fingerprint density at radius 1 is 1.30 bits per heavy atom. The van der Waals surface area contributed by atoms with E-state index in [0.717, 1.165) is 17.0 Å². The number of rotatable bonds is 4. The first-order valence-corrected chi connectivity index (χ1v) is 8.51. The second-order valence-corrected chi connectivity index (χ2v) is 6.21. The van der Waals surface area contributed by atoms with Crippen molar-refractivity contribution in [2.45, 2.75) is 6.10 Å². The number of cyclic esters (lactones) is 1. The van der Waals surface area contributed by atoms with Crippen molar-refractivity contribution in [2.75, 3.05) is 55.7 Å². The third kappa shape index (κ3) is 3.94. The molecule has 2 saturated heterocycles. The Bertz CT molecular complexity index is 712. The molecule has 1 aromatic rings. The van der Waals surface area contributed by atoms with Gasteiger partial charge in [-0.05, 0) is 0 Å². The molecule has 0 aromatic heterocycles. The molecule has 1 atom stereocenters. The largest absolute Gasteiger partial charge is 0.443 e. The predicted octanol–water partition coefficient (Wildman–Crippen LogP) is -0.606. The number of nitrogens with two attached hydrogens (primary N) is 1. The number of hydrazine groups is 1. The maximum Gasteiger partial charge on any atom is 0.414 e. The molecule has 2 fully saturated rings. The standard InChI is InChI=1S/C16H21F2N5O4/c17-12-5-10(22-8-11(7-19)27-16(22)26)6-13(18)15(12)21-2-1-20-23(4-3-21)14(25)9-24/h5-6,11,20,24H,1-4,7-9,19H2/t11-/m0/s1. The fourth-order valence-corrected chi connectivity index (χ4v) is 3.12. The summed E-state index contributed by atoms with van der Waals surface area (Å²) in [6.45, 7) is 0.435. The van der Waals surface area contributed by atoms with Crippen LogP contribution in [0, 0.1) is 11.6 Å². The first kappa shape index (κ1) is 19.3. The first-order chi connectivity index (χ1) is 12.9. The first-order valence-electron chi connectivity index (χ1n) is 8.51. The Labute approximate surface area is 154 Å². The molecule has 0 bridgehead atoms. The van der Waals surface area contributed by atoms with Gasteiger partial charge in [0.15, 0.2) is 11.6 Å². The third-order valence-corrected chi connectivity index (χ3v) is 4.48. The molecule has 2 heterocycles. The number of anilines is 2. The quantitative estimate of drug-likeness (QED) is 0.634. The molecule has 9 nitrogen and oxygen atoms in total. The average molecular weight is 385 g/mol. The number of amides is 2. The zero-order chi connectivity index (χ0) is 19.6. The number of hydrogen-bond donors (Lipinski definition) is 3. The zero-order valence-corrected chi connectivity index (χ0v) is 14.5. The molecular formula is C16H21F2N5O4. The van der Waals surface area contributed by atoms with Crippen LogP contribution in [0.3, 0.4) is 0 Å². The molecule has 4 N–H and O–H groups in total. The van der Waals surface area contributed by atoms with Crippen LogP contribution in [0.15, 0.2) is 12.1 Å². The zero-order valence-electron chi connectivity index (χ0n) is 14.5. The topological polar surface area (TPSA) is 111 Å². The Kier molecular flexibility index (Phi) is 5.73. The monoisotopic (exact) mass is 385 g/mol. The van der Waals surface area contributed by atoms with E-state index in [1.807, 2.05) is 0 Å². The van der Waals surface area contributed by atoms with Gasteiger partial charge < -0.3 is 20.5 Å². The van der Waals surface area contributed by atoms with E-state index in [-0.39, 0.29) is 50.6 Å². The van der Waals surface area contributed by atoms with Gasteiger partial charge in [0, 0.05) is 38.3 Å². The number of nitrogens with zero attached hydrogens (tertiary/aromatic N) is 3. The van der Waals surface area contributed by atoms with Gasteiger partial charge in [0.05, 0.1) is 18.8 Å². The highest BCUT2D eigenvalue weighted by molar-refractivity contribution is 5.90. The van der Waals surface area contributed by atoms with Gasteiger partial charge in [0.1, 0.15) is 18.4 Å². The van der Waals surface area contributed by atoms with Crippen molar-refractivity contribution in [3.63, 3.8) is 0 Å². The molecule has 0 saturated carbocycles. The van der Waals surface area contributed by atoms with E-state index in [1.54, 1.807) is 0 Å². The second kappa shape index (κ2) is 8.03. The predicted molar refractivity (Wildman–Crippen MR) is 92.0 cm³/mol. The fraction of sp³-hybridized carbons (Fsp3) is 0.500. The minimum Gasteiger partial charge on any atom is -0.443 e. The van der Waals surface area contributed by atoms with Crippen LogP contribution in [-0.4, -0.2) is 74.1 Å². The van der Waals surface area contributed by atoms with Crippen molar-refractivity contribution in [1.29, 1.82) is 0 Å². The van der Waals surface area contributed by atoms with E-state index >= 15 is 0 Å². The van der Waals surface area contributed by atoms with Crippen LogP contribution in [0.25, 0.3) is 0 Å². The van der Waals surface area contributed by atoms with E-state index in [9.17, 15) is 18.4 Å². The molecule has 11 heteroatoms. The minimum absolute atomic E-state index is 0.0553. The molecule has 2 amide bonds. The molecule has 148 valence electrons. The number of aliphatic hydroxyl groups is 1. The minimum atomic E-state index is -0.823. The lowest BCUT2D eigenvalue weighted by Gasteiger charge is -2.25. The number of ether oxygens (including phenoxy) is 1. The summed E-state index contributed by atoms with van der Waals surface area (Å²) in [5.74, 6) is -2.16. The van der Waals surface area contributed by atoms with Gasteiger partial charge >= 0.3 is 6.09 Å². The number of halogens is 2. The summed E-state index contributed by atoms with van der Waals surface area (Å²) in [6, 6.07) is 2.15. The van der Waals surface area contributed by atoms with Gasteiger partial charge in [0.25, 0.3) is 5.91 Å². The lowest BCUT2D eigenvalue weighted by atomic mass is 10.2. The SMILES string of the molecule is NC[C@H]1CN(c2cc(F)c(N3CCNN(C(=O)CO)CC3)c(F)c2)C(=O)O1. The summed E-state index contributed by atoms with van der Waals surface area (Å²) >= 11 is 0. The van der Waals surface area contributed by atoms with Gasteiger partial charge in [0.2, 0.25) is 0 Å². The van der Waals surface area contributed by atoms with E-state index in [1.165, 1.54) is 9.91 Å². The van der Waals surface area contributed by atoms with Gasteiger partial charge in [-0.1, -0.05) is 0 Å². The number of hydrogen-bond acceptors (Lipinski definition) is 7. The molecule has 0 radical (unpaired) electrons. The van der Waals surface area contributed by atoms with E-state index in [2.05, 4.69) is 5.43 Å². The van der Waals surface area contributed by atoms with Crippen molar-refractivity contribution in [2.24, 2.45) is 5.73 Å². The van der Waals surface area contributed by atoms with Crippen LogP contribution in [0.2, 0.25) is 0 Å². The van der Waals surface area contributed by atoms with E-state index in [4.69, 9.17) is 15.6 Å². The number of nitrogens with one attached hydrogen (secondary N) is 1. The molecule has 0 aliphatic carbocycles. The Morgan fingerprint density at radius 3 is 2.59 bits per heavy atom. The number of carbonyl (C=O) groups excluding carboxylic acids is 2. The molecule has 2 aliphatic heterocycles. The van der Waals surface area contributed by atoms with Crippen LogP contribution < -0.4 is 21.0 Å². The fourth-order valence-electron chi connectivity index (χ4n) is 3.12. The van der Waals surface area contributed by atoms with Gasteiger partial charge in [-0.3, -0.25) is 14.7 Å². The number of carbonyl (C=O) groups is 2. The van der Waals surface area contributed by atoms with Crippen LogP contribution in [0.4, 0.5) is 25.0 Å². The highest BCUT2D eigenvalue weighted by atomic mass is 19.1. The summed E-state index contributed by atoms with van der Waals surface area (Å²) in [7, 11) is 0. The molecule has 2 aliphatic rings. The average Bonchev–Trinajstić information content (AvgIpc) is 2.86. The van der Waals surface area contributed by atoms with Crippen LogP contribution in [-0.2, 0) is 9.53 Å². The maximum absolute atomic E-state index is 14.7. The molecule has 0 spiro atoms. The van der Waals surface area contributed by atoms with Gasteiger partial charge in [-0.15, -0.1) is 0 Å². The maximum atomic E-state index is 14.7. The van der Waals surface area contributed by atoms with Crippen molar-refractivity contribution < 1.29 is 28.2 Å². The molecule has 0 unspecified atom stereocenters. The lowest BCUT2D eigenvalue weighted by Crippen LogP contribution is -2.45. The molecule has 3 rings (SSSR count). The summed E-state index contributed by atoms with van der Waals surface area (Å²) in [5.41, 5.74) is 8.09. The summed E-state index contributed by atoms with van der Waals surface area (Å²) in [5, 5.41) is 10.1. The normalized spacial score (nSPS) is 20.7. The van der Waals surface area contributed by atoms with E-state index in [0.29, 0.717) is 0 Å². The molecule has 1 aromatic carbocycles. The number of aliphatic hydroxyl groups excluding tert-OH is 1. The van der Waals surface area contributed by atoms with Crippen molar-refractivity contribution >= 4 is 23.4 Å². The van der Waals surface area contributed by atoms with Gasteiger partial charge in [-0.2, -0.15) is 0 Å². The van der Waals surface area contributed by atoms with E-state index < -0.39 is 36.3 Å². The van der Waals surface area contributed by atoms with Gasteiger partial charge in [-0.25, -0.2) is 19.0 Å². The van der Waals surface area contributed by atoms with Crippen molar-refractivity contribution in [3.8, 4) is 0 Å². The highest BCUT2D eigenvalue weighted by Crippen LogP contribution is 2.31. The van der Waals surface area contributed by atoms with Crippen molar-refractivity contribution in [1.82, 2.24) is 10.4 Å². The highest BCUT2D eigenvalue weighted by Gasteiger charge is 2.33. The van der Waals surface area contributed by atoms with Crippen molar-refractivity contribution in [3.05, 3.63) is 23.8 Å². The molecular weight excluding hydrogens is 364 g/mol. The number of benzene rings is 1. The lowest BCUT2D eigenvalue weighted by molar-refractivity contribution is -0.136. The Balaban J connectivity index is 1.79. The summed E-state index contributed by atoms with van der Waals surface area (Å²) < 4.78 is 34.4. The van der Waals surface area contributed by atoms with Crippen LogP contribution in [0.5, 0.6) is 0 Å². The molecule has 27 heavy (non-hydrogen) atoms. The summed E-state index contributed by atoms with van der Waals surface area (Å²) in [6.07, 6.45) is -1.22.